The van der Waals surface area contributed by atoms with Crippen molar-refractivity contribution in [2.45, 2.75) is 28.8 Å². The van der Waals surface area contributed by atoms with Gasteiger partial charge in [0, 0.05) is 17.9 Å². The maximum Gasteiger partial charge on any atom is 0.234 e. The van der Waals surface area contributed by atoms with E-state index < -0.39 is 9.84 Å². The first-order chi connectivity index (χ1) is 14.3. The number of carbonyl (C=O) groups is 1. The highest BCUT2D eigenvalue weighted by Crippen LogP contribution is 2.41. The summed E-state index contributed by atoms with van der Waals surface area (Å²) in [5.74, 6) is 1.07. The van der Waals surface area contributed by atoms with Crippen molar-refractivity contribution in [3.63, 3.8) is 0 Å². The number of sulfone groups is 1. The highest BCUT2D eigenvalue weighted by Gasteiger charge is 2.31. The summed E-state index contributed by atoms with van der Waals surface area (Å²) in [6.07, 6.45) is 3.28. The lowest BCUT2D eigenvalue weighted by Gasteiger charge is -2.11. The van der Waals surface area contributed by atoms with Gasteiger partial charge in [-0.2, -0.15) is 0 Å². The minimum Gasteiger partial charge on any atom is -0.324 e. The third-order valence-electron chi connectivity index (χ3n) is 4.59. The summed E-state index contributed by atoms with van der Waals surface area (Å²) in [7, 11) is -3.41. The van der Waals surface area contributed by atoms with E-state index >= 15 is 0 Å². The van der Waals surface area contributed by atoms with Crippen molar-refractivity contribution in [1.29, 1.82) is 0 Å². The predicted octanol–water partition coefficient (Wildman–Crippen LogP) is 3.93. The van der Waals surface area contributed by atoms with Gasteiger partial charge in [0.2, 0.25) is 5.91 Å². The molecule has 1 saturated carbocycles. The van der Waals surface area contributed by atoms with Gasteiger partial charge in [0.25, 0.3) is 0 Å². The zero-order chi connectivity index (χ0) is 21.3. The van der Waals surface area contributed by atoms with E-state index in [9.17, 15) is 13.2 Å². The van der Waals surface area contributed by atoms with Crippen LogP contribution in [0.3, 0.4) is 0 Å². The van der Waals surface area contributed by atoms with Gasteiger partial charge in [-0.25, -0.2) is 8.42 Å². The number of amides is 1. The summed E-state index contributed by atoms with van der Waals surface area (Å²) < 4.78 is 25.5. The van der Waals surface area contributed by atoms with Crippen LogP contribution in [0.1, 0.15) is 24.6 Å². The first kappa shape index (κ1) is 20.9. The van der Waals surface area contributed by atoms with Crippen LogP contribution >= 0.6 is 23.4 Å². The Morgan fingerprint density at radius 1 is 1.20 bits per heavy atom. The van der Waals surface area contributed by atoms with E-state index in [1.165, 1.54) is 30.0 Å². The zero-order valence-electron chi connectivity index (χ0n) is 16.1. The summed E-state index contributed by atoms with van der Waals surface area (Å²) >= 11 is 7.38. The number of anilines is 1. The molecule has 30 heavy (non-hydrogen) atoms. The second kappa shape index (κ2) is 8.41. The fourth-order valence-electron chi connectivity index (χ4n) is 2.95. The molecule has 0 radical (unpaired) electrons. The topological polar surface area (TPSA) is 93.9 Å². The molecule has 2 aromatic carbocycles. The van der Waals surface area contributed by atoms with Crippen molar-refractivity contribution in [1.82, 2.24) is 14.8 Å². The van der Waals surface area contributed by atoms with E-state index in [2.05, 4.69) is 15.5 Å². The Hall–Kier alpha value is -2.36. The molecule has 10 heteroatoms. The van der Waals surface area contributed by atoms with Gasteiger partial charge in [-0.1, -0.05) is 41.6 Å². The Labute approximate surface area is 183 Å². The Morgan fingerprint density at radius 2 is 1.93 bits per heavy atom. The molecule has 3 aromatic rings. The van der Waals surface area contributed by atoms with Crippen molar-refractivity contribution in [2.24, 2.45) is 0 Å². The average Bonchev–Trinajstić information content (AvgIpc) is 3.47. The van der Waals surface area contributed by atoms with Crippen molar-refractivity contribution in [2.75, 3.05) is 17.3 Å². The lowest BCUT2D eigenvalue weighted by molar-refractivity contribution is -0.113. The molecular formula is C20H19ClN4O3S2. The Kier molecular flexibility index (Phi) is 5.86. The minimum atomic E-state index is -3.41. The number of nitrogens with zero attached hydrogens (tertiary/aromatic N) is 3. The SMILES string of the molecule is CS(=O)(=O)c1ccc(Cl)c(NC(=O)CSc2nnc(C3CC3)n2-c2ccccc2)c1. The smallest absolute Gasteiger partial charge is 0.234 e. The Morgan fingerprint density at radius 3 is 2.60 bits per heavy atom. The van der Waals surface area contributed by atoms with Crippen LogP contribution < -0.4 is 5.32 Å². The number of aromatic nitrogens is 3. The van der Waals surface area contributed by atoms with E-state index in [-0.39, 0.29) is 27.3 Å². The van der Waals surface area contributed by atoms with Crippen LogP contribution in [0.5, 0.6) is 0 Å². The van der Waals surface area contributed by atoms with Crippen LogP contribution in [0.15, 0.2) is 58.6 Å². The number of nitrogens with one attached hydrogen (secondary N) is 1. The van der Waals surface area contributed by atoms with E-state index in [0.717, 1.165) is 30.6 Å². The molecule has 0 saturated heterocycles. The molecule has 1 aromatic heterocycles. The molecule has 1 aliphatic carbocycles. The molecule has 0 unspecified atom stereocenters. The summed E-state index contributed by atoms with van der Waals surface area (Å²) in [6.45, 7) is 0. The van der Waals surface area contributed by atoms with Crippen LogP contribution in [-0.2, 0) is 14.6 Å². The van der Waals surface area contributed by atoms with Gasteiger partial charge in [0.1, 0.15) is 5.82 Å². The molecule has 156 valence electrons. The molecule has 0 bridgehead atoms. The summed E-state index contributed by atoms with van der Waals surface area (Å²) in [5.41, 5.74) is 1.21. The molecule has 1 N–H and O–H groups in total. The first-order valence-electron chi connectivity index (χ1n) is 9.26. The highest BCUT2D eigenvalue weighted by molar-refractivity contribution is 7.99. The average molecular weight is 463 g/mol. The van der Waals surface area contributed by atoms with E-state index in [0.29, 0.717) is 11.1 Å². The number of hydrogen-bond acceptors (Lipinski definition) is 6. The molecule has 1 aliphatic rings. The number of para-hydroxylation sites is 1. The van der Waals surface area contributed by atoms with Gasteiger partial charge in [-0.15, -0.1) is 10.2 Å². The third kappa shape index (κ3) is 4.69. The summed E-state index contributed by atoms with van der Waals surface area (Å²) in [4.78, 5) is 12.6. The molecule has 1 amide bonds. The molecule has 4 rings (SSSR count). The van der Waals surface area contributed by atoms with E-state index in [4.69, 9.17) is 11.6 Å². The van der Waals surface area contributed by atoms with E-state index in [1.54, 1.807) is 0 Å². The van der Waals surface area contributed by atoms with Crippen molar-refractivity contribution < 1.29 is 13.2 Å². The van der Waals surface area contributed by atoms with Crippen molar-refractivity contribution in [3.05, 3.63) is 59.4 Å². The number of benzene rings is 2. The Balaban J connectivity index is 1.50. The molecule has 7 nitrogen and oxygen atoms in total. The molecule has 0 atom stereocenters. The van der Waals surface area contributed by atoms with Gasteiger partial charge < -0.3 is 5.32 Å². The van der Waals surface area contributed by atoms with Gasteiger partial charge in [-0.05, 0) is 43.2 Å². The van der Waals surface area contributed by atoms with E-state index in [1.807, 2.05) is 34.9 Å². The molecule has 0 spiro atoms. The second-order valence-corrected chi connectivity index (χ2v) is 10.4. The van der Waals surface area contributed by atoms with Crippen molar-refractivity contribution in [3.8, 4) is 5.69 Å². The number of thioether (sulfide) groups is 1. The lowest BCUT2D eigenvalue weighted by atomic mass is 10.3. The number of hydrogen-bond donors (Lipinski definition) is 1. The largest absolute Gasteiger partial charge is 0.324 e. The first-order valence-corrected chi connectivity index (χ1v) is 12.5. The van der Waals surface area contributed by atoms with Gasteiger partial charge in [-0.3, -0.25) is 9.36 Å². The fourth-order valence-corrected chi connectivity index (χ4v) is 4.52. The van der Waals surface area contributed by atoms with Gasteiger partial charge >= 0.3 is 0 Å². The zero-order valence-corrected chi connectivity index (χ0v) is 18.5. The molecule has 1 heterocycles. The molecule has 0 aliphatic heterocycles. The summed E-state index contributed by atoms with van der Waals surface area (Å²) in [6, 6.07) is 14.0. The standard InChI is InChI=1S/C20H19ClN4O3S2/c1-30(27,28)15-9-10-16(21)17(11-15)22-18(26)12-29-20-24-23-19(13-7-8-13)25(20)14-5-3-2-4-6-14/h2-6,9-11,13H,7-8,12H2,1H3,(H,22,26). The van der Waals surface area contributed by atoms with Gasteiger partial charge in [0.05, 0.1) is 21.4 Å². The van der Waals surface area contributed by atoms with Crippen LogP contribution in [0.4, 0.5) is 5.69 Å². The number of carbonyl (C=O) groups excluding carboxylic acids is 1. The number of halogens is 1. The second-order valence-electron chi connectivity index (χ2n) is 7.04. The highest BCUT2D eigenvalue weighted by atomic mass is 35.5. The molecule has 1 fully saturated rings. The maximum atomic E-state index is 12.5. The molecular weight excluding hydrogens is 444 g/mol. The van der Waals surface area contributed by atoms with Crippen LogP contribution in [0.2, 0.25) is 5.02 Å². The summed E-state index contributed by atoms with van der Waals surface area (Å²) in [5, 5.41) is 12.2. The normalized spacial score (nSPS) is 13.9. The van der Waals surface area contributed by atoms with Crippen LogP contribution in [-0.4, -0.2) is 41.1 Å². The quantitative estimate of drug-likeness (QED) is 0.534. The number of rotatable bonds is 7. The van der Waals surface area contributed by atoms with Crippen LogP contribution in [0, 0.1) is 0 Å². The lowest BCUT2D eigenvalue weighted by Crippen LogP contribution is -2.15. The predicted molar refractivity (Wildman–Crippen MR) is 117 cm³/mol. The van der Waals surface area contributed by atoms with Gasteiger partial charge in [0.15, 0.2) is 15.0 Å². The van der Waals surface area contributed by atoms with Crippen LogP contribution in [0.25, 0.3) is 5.69 Å². The fraction of sp³-hybridized carbons (Fsp3) is 0.250. The van der Waals surface area contributed by atoms with Crippen molar-refractivity contribution >= 4 is 44.8 Å². The maximum absolute atomic E-state index is 12.5. The Bertz CT molecular complexity index is 1190. The minimum absolute atomic E-state index is 0.0784. The third-order valence-corrected chi connectivity index (χ3v) is 6.96. The monoisotopic (exact) mass is 462 g/mol.